The quantitative estimate of drug-likeness (QED) is 0.778. The first-order valence-electron chi connectivity index (χ1n) is 6.33. The van der Waals surface area contributed by atoms with Crippen LogP contribution in [0.1, 0.15) is 11.4 Å². The van der Waals surface area contributed by atoms with E-state index in [1.807, 2.05) is 23.7 Å². The topological polar surface area (TPSA) is 42.2 Å². The van der Waals surface area contributed by atoms with E-state index in [0.717, 1.165) is 29.3 Å². The molecule has 96 valence electrons. The molecule has 0 unspecified atom stereocenters. The Morgan fingerprint density at radius 2 is 2.00 bits per heavy atom. The van der Waals surface area contributed by atoms with Crippen molar-refractivity contribution in [3.05, 3.63) is 54.1 Å². The van der Waals surface area contributed by atoms with Gasteiger partial charge in [-0.3, -0.25) is 4.40 Å². The Hall–Kier alpha value is -2.20. The minimum atomic E-state index is 0.721. The molecule has 1 N–H and O–H groups in total. The molecule has 0 radical (unpaired) electrons. The average Bonchev–Trinajstić information content (AvgIpc) is 2.80. The Morgan fingerprint density at radius 1 is 1.21 bits per heavy atom. The average molecular weight is 252 g/mol. The summed E-state index contributed by atoms with van der Waals surface area (Å²) < 4.78 is 2.03. The van der Waals surface area contributed by atoms with Gasteiger partial charge in [0.1, 0.15) is 11.5 Å². The van der Waals surface area contributed by atoms with Crippen molar-refractivity contribution in [3.8, 4) is 11.3 Å². The second-order valence-corrected chi connectivity index (χ2v) is 4.59. The Bertz CT molecular complexity index is 698. The number of hydrogen-bond donors (Lipinski definition) is 1. The lowest BCUT2D eigenvalue weighted by Gasteiger charge is -1.99. The molecule has 0 aliphatic carbocycles. The molecule has 0 bridgehead atoms. The van der Waals surface area contributed by atoms with E-state index in [-0.39, 0.29) is 0 Å². The molecule has 0 fully saturated rings. The smallest absolute Gasteiger partial charge is 0.164 e. The maximum atomic E-state index is 4.72. The third-order valence-electron chi connectivity index (χ3n) is 3.14. The van der Waals surface area contributed by atoms with Crippen LogP contribution in [0.5, 0.6) is 0 Å². The maximum Gasteiger partial charge on any atom is 0.164 e. The third-order valence-corrected chi connectivity index (χ3v) is 3.14. The second-order valence-electron chi connectivity index (χ2n) is 4.59. The van der Waals surface area contributed by atoms with Crippen molar-refractivity contribution in [2.45, 2.75) is 13.5 Å². The van der Waals surface area contributed by atoms with E-state index in [1.54, 1.807) is 6.20 Å². The Kier molecular flexibility index (Phi) is 3.01. The summed E-state index contributed by atoms with van der Waals surface area (Å²) in [6.07, 6.45) is 3.80. The predicted molar refractivity (Wildman–Crippen MR) is 75.9 cm³/mol. The summed E-state index contributed by atoms with van der Waals surface area (Å²) in [6, 6.07) is 10.3. The van der Waals surface area contributed by atoms with E-state index in [4.69, 9.17) is 4.98 Å². The number of fused-ring (bicyclic) bond motifs is 1. The summed E-state index contributed by atoms with van der Waals surface area (Å²) in [5.41, 5.74) is 4.18. The SMILES string of the molecule is CNCc1nc(-c2ccc(C)cc2)c2ncccn12. The minimum absolute atomic E-state index is 0.721. The summed E-state index contributed by atoms with van der Waals surface area (Å²) in [7, 11) is 1.92. The minimum Gasteiger partial charge on any atom is -0.313 e. The molecule has 3 rings (SSSR count). The van der Waals surface area contributed by atoms with Crippen LogP contribution in [-0.2, 0) is 6.54 Å². The number of nitrogens with one attached hydrogen (secondary N) is 1. The van der Waals surface area contributed by atoms with Gasteiger partial charge in [0, 0.05) is 18.0 Å². The molecule has 2 aromatic heterocycles. The van der Waals surface area contributed by atoms with Crippen LogP contribution in [0.2, 0.25) is 0 Å². The molecule has 0 aliphatic heterocycles. The highest BCUT2D eigenvalue weighted by atomic mass is 15.1. The molecule has 1 aromatic carbocycles. The van der Waals surface area contributed by atoms with Crippen molar-refractivity contribution in [2.24, 2.45) is 0 Å². The fourth-order valence-electron chi connectivity index (χ4n) is 2.18. The number of benzene rings is 1. The lowest BCUT2D eigenvalue weighted by atomic mass is 10.1. The summed E-state index contributed by atoms with van der Waals surface area (Å²) in [5.74, 6) is 0.973. The Balaban J connectivity index is 2.20. The van der Waals surface area contributed by atoms with Crippen LogP contribution in [0.15, 0.2) is 42.7 Å². The van der Waals surface area contributed by atoms with Crippen LogP contribution in [0, 0.1) is 6.92 Å². The van der Waals surface area contributed by atoms with Gasteiger partial charge >= 0.3 is 0 Å². The molecule has 2 heterocycles. The summed E-state index contributed by atoms with van der Waals surface area (Å²) in [5, 5.41) is 3.14. The monoisotopic (exact) mass is 252 g/mol. The van der Waals surface area contributed by atoms with E-state index in [0.29, 0.717) is 0 Å². The zero-order valence-corrected chi connectivity index (χ0v) is 11.1. The summed E-state index contributed by atoms with van der Waals surface area (Å²) >= 11 is 0. The first-order chi connectivity index (χ1) is 9.29. The van der Waals surface area contributed by atoms with Crippen LogP contribution in [0.25, 0.3) is 16.9 Å². The standard InChI is InChI=1S/C15H16N4/c1-11-4-6-12(7-5-11)14-15-17-8-3-9-19(15)13(18-14)10-16-2/h3-9,16H,10H2,1-2H3. The second kappa shape index (κ2) is 4.82. The van der Waals surface area contributed by atoms with Crippen LogP contribution in [0.4, 0.5) is 0 Å². The Morgan fingerprint density at radius 3 is 2.74 bits per heavy atom. The Labute approximate surface area is 112 Å². The van der Waals surface area contributed by atoms with Gasteiger partial charge < -0.3 is 5.32 Å². The normalized spacial score (nSPS) is 11.1. The van der Waals surface area contributed by atoms with Crippen molar-refractivity contribution in [2.75, 3.05) is 7.05 Å². The van der Waals surface area contributed by atoms with E-state index < -0.39 is 0 Å². The van der Waals surface area contributed by atoms with Crippen molar-refractivity contribution in [1.29, 1.82) is 0 Å². The van der Waals surface area contributed by atoms with E-state index in [1.165, 1.54) is 5.56 Å². The fourth-order valence-corrected chi connectivity index (χ4v) is 2.18. The van der Waals surface area contributed by atoms with Gasteiger partial charge in [0.05, 0.1) is 6.54 Å². The molecular weight excluding hydrogens is 236 g/mol. The number of hydrogen-bond acceptors (Lipinski definition) is 3. The first kappa shape index (κ1) is 11.9. The molecule has 0 saturated heterocycles. The summed E-state index contributed by atoms with van der Waals surface area (Å²) in [6.45, 7) is 2.80. The van der Waals surface area contributed by atoms with E-state index in [9.17, 15) is 0 Å². The molecular formula is C15H16N4. The first-order valence-corrected chi connectivity index (χ1v) is 6.33. The van der Waals surface area contributed by atoms with Crippen molar-refractivity contribution in [3.63, 3.8) is 0 Å². The zero-order valence-electron chi connectivity index (χ0n) is 11.1. The van der Waals surface area contributed by atoms with Crippen LogP contribution in [-0.4, -0.2) is 21.4 Å². The van der Waals surface area contributed by atoms with Crippen LogP contribution < -0.4 is 5.32 Å². The van der Waals surface area contributed by atoms with Gasteiger partial charge in [0.25, 0.3) is 0 Å². The van der Waals surface area contributed by atoms with Crippen LogP contribution in [0.3, 0.4) is 0 Å². The molecule has 0 atom stereocenters. The highest BCUT2D eigenvalue weighted by Gasteiger charge is 2.12. The van der Waals surface area contributed by atoms with E-state index in [2.05, 4.69) is 41.5 Å². The number of imidazole rings is 1. The number of aromatic nitrogens is 3. The van der Waals surface area contributed by atoms with Gasteiger partial charge in [-0.15, -0.1) is 0 Å². The van der Waals surface area contributed by atoms with Crippen molar-refractivity contribution in [1.82, 2.24) is 19.7 Å². The molecule has 0 amide bonds. The molecule has 4 heteroatoms. The molecule has 0 spiro atoms. The molecule has 19 heavy (non-hydrogen) atoms. The van der Waals surface area contributed by atoms with Crippen molar-refractivity contribution >= 4 is 5.65 Å². The zero-order chi connectivity index (χ0) is 13.2. The van der Waals surface area contributed by atoms with E-state index >= 15 is 0 Å². The molecule has 0 aliphatic rings. The lowest BCUT2D eigenvalue weighted by Crippen LogP contribution is -2.08. The molecule has 3 aromatic rings. The number of aryl methyl sites for hydroxylation is 1. The van der Waals surface area contributed by atoms with Crippen LogP contribution >= 0.6 is 0 Å². The largest absolute Gasteiger partial charge is 0.313 e. The highest BCUT2D eigenvalue weighted by molar-refractivity contribution is 5.74. The number of rotatable bonds is 3. The molecule has 0 saturated carbocycles. The lowest BCUT2D eigenvalue weighted by molar-refractivity contribution is 0.754. The van der Waals surface area contributed by atoms with Gasteiger partial charge in [-0.05, 0) is 20.0 Å². The summed E-state index contributed by atoms with van der Waals surface area (Å²) in [4.78, 5) is 9.17. The maximum absolute atomic E-state index is 4.72. The van der Waals surface area contributed by atoms with Gasteiger partial charge in [-0.25, -0.2) is 9.97 Å². The number of nitrogens with zero attached hydrogens (tertiary/aromatic N) is 3. The van der Waals surface area contributed by atoms with Gasteiger partial charge in [0.15, 0.2) is 5.65 Å². The third kappa shape index (κ3) is 2.11. The highest BCUT2D eigenvalue weighted by Crippen LogP contribution is 2.23. The molecule has 4 nitrogen and oxygen atoms in total. The predicted octanol–water partition coefficient (Wildman–Crippen LogP) is 2.42. The fraction of sp³-hybridized carbons (Fsp3) is 0.200. The van der Waals surface area contributed by atoms with Crippen molar-refractivity contribution < 1.29 is 0 Å². The van der Waals surface area contributed by atoms with Gasteiger partial charge in [-0.2, -0.15) is 0 Å². The van der Waals surface area contributed by atoms with Gasteiger partial charge in [0.2, 0.25) is 0 Å². The van der Waals surface area contributed by atoms with Gasteiger partial charge in [-0.1, -0.05) is 29.8 Å².